The van der Waals surface area contributed by atoms with Crippen LogP contribution in [0, 0.1) is 0 Å². The number of nitrogens with one attached hydrogen (secondary N) is 2. The Kier molecular flexibility index (Phi) is 9.40. The lowest BCUT2D eigenvalue weighted by Crippen LogP contribution is -2.36. The average Bonchev–Trinajstić information content (AvgIpc) is 2.77. The van der Waals surface area contributed by atoms with Crippen LogP contribution in [-0.4, -0.2) is 43.9 Å². The number of carbonyl (C=O) groups excluding carboxylic acids is 3. The zero-order valence-corrected chi connectivity index (χ0v) is 17.3. The van der Waals surface area contributed by atoms with Gasteiger partial charge in [-0.25, -0.2) is 0 Å². The fraction of sp³-hybridized carbons (Fsp3) is 0.227. The first kappa shape index (κ1) is 23.0. The van der Waals surface area contributed by atoms with E-state index in [0.29, 0.717) is 11.3 Å². The summed E-state index contributed by atoms with van der Waals surface area (Å²) < 4.78 is 9.94. The van der Waals surface area contributed by atoms with Crippen molar-refractivity contribution >= 4 is 35.5 Å². The number of alkyl halides is 1. The predicted octanol–water partition coefficient (Wildman–Crippen LogP) is 2.75. The lowest BCUT2D eigenvalue weighted by molar-refractivity contribution is -0.142. The van der Waals surface area contributed by atoms with Gasteiger partial charge >= 0.3 is 5.97 Å². The molecule has 0 atom stereocenters. The molecule has 0 spiro atoms. The van der Waals surface area contributed by atoms with Crippen LogP contribution in [0.4, 0.5) is 0 Å². The lowest BCUT2D eigenvalue weighted by Gasteiger charge is -2.11. The summed E-state index contributed by atoms with van der Waals surface area (Å²) in [6.45, 7) is 0.176. The number of hydrogen-bond acceptors (Lipinski definition) is 5. The van der Waals surface area contributed by atoms with Crippen LogP contribution in [0.5, 0.6) is 5.75 Å². The Morgan fingerprint density at radius 1 is 1.03 bits per heavy atom. The van der Waals surface area contributed by atoms with Crippen molar-refractivity contribution in [3.05, 3.63) is 71.4 Å². The molecule has 0 aliphatic heterocycles. The molecule has 0 fully saturated rings. The molecule has 0 aromatic heterocycles. The topological polar surface area (TPSA) is 93.7 Å². The van der Waals surface area contributed by atoms with E-state index < -0.39 is 17.8 Å². The van der Waals surface area contributed by atoms with E-state index in [4.69, 9.17) is 21.1 Å². The Balaban J connectivity index is 2.08. The number of carbonyl (C=O) groups is 3. The minimum Gasteiger partial charge on any atom is -0.497 e. The van der Waals surface area contributed by atoms with Crippen molar-refractivity contribution in [2.75, 3.05) is 26.1 Å². The Hall–Kier alpha value is -3.32. The third kappa shape index (κ3) is 7.60. The van der Waals surface area contributed by atoms with Gasteiger partial charge < -0.3 is 20.1 Å². The summed E-state index contributed by atoms with van der Waals surface area (Å²) in [5.74, 6) is -0.612. The minimum atomic E-state index is -0.522. The SMILES string of the molecule is COc1ccc(C(=O)N/C(=C\c2ccccc2)C(=O)NCCC(=O)OCCCl)cc1. The van der Waals surface area contributed by atoms with Crippen molar-refractivity contribution in [2.45, 2.75) is 6.42 Å². The third-order valence-corrected chi connectivity index (χ3v) is 4.06. The molecule has 0 saturated carbocycles. The molecule has 0 aliphatic rings. The average molecular weight is 431 g/mol. The van der Waals surface area contributed by atoms with Gasteiger partial charge in [0, 0.05) is 12.1 Å². The van der Waals surface area contributed by atoms with Gasteiger partial charge in [-0.05, 0) is 35.9 Å². The van der Waals surface area contributed by atoms with E-state index in [0.717, 1.165) is 5.56 Å². The summed E-state index contributed by atoms with van der Waals surface area (Å²) in [5, 5.41) is 5.24. The molecule has 2 rings (SSSR count). The summed E-state index contributed by atoms with van der Waals surface area (Å²) in [6, 6.07) is 15.6. The number of methoxy groups -OCH3 is 1. The second kappa shape index (κ2) is 12.3. The summed E-state index contributed by atoms with van der Waals surface area (Å²) in [7, 11) is 1.53. The fourth-order valence-electron chi connectivity index (χ4n) is 2.41. The highest BCUT2D eigenvalue weighted by Crippen LogP contribution is 2.12. The van der Waals surface area contributed by atoms with Gasteiger partial charge in [0.05, 0.1) is 19.4 Å². The van der Waals surface area contributed by atoms with Crippen molar-refractivity contribution in [1.82, 2.24) is 10.6 Å². The predicted molar refractivity (Wildman–Crippen MR) is 114 cm³/mol. The van der Waals surface area contributed by atoms with Gasteiger partial charge in [-0.1, -0.05) is 30.3 Å². The number of ether oxygens (including phenoxy) is 2. The van der Waals surface area contributed by atoms with Crippen molar-refractivity contribution in [3.8, 4) is 5.75 Å². The number of benzene rings is 2. The van der Waals surface area contributed by atoms with Crippen LogP contribution < -0.4 is 15.4 Å². The van der Waals surface area contributed by atoms with Gasteiger partial charge in [0.15, 0.2) is 0 Å². The van der Waals surface area contributed by atoms with E-state index in [2.05, 4.69) is 10.6 Å². The van der Waals surface area contributed by atoms with E-state index >= 15 is 0 Å². The maximum atomic E-state index is 12.6. The largest absolute Gasteiger partial charge is 0.497 e. The van der Waals surface area contributed by atoms with Gasteiger partial charge in [0.2, 0.25) is 0 Å². The molecule has 0 aliphatic carbocycles. The standard InChI is InChI=1S/C22H23ClN2O5/c1-29-18-9-7-17(8-10-18)21(27)25-19(15-16-5-3-2-4-6-16)22(28)24-13-11-20(26)30-14-12-23/h2-10,15H,11-14H2,1H3,(H,24,28)(H,25,27)/b19-15-. The summed E-state index contributed by atoms with van der Waals surface area (Å²) in [4.78, 5) is 36.7. The molecule has 2 N–H and O–H groups in total. The molecule has 0 saturated heterocycles. The quantitative estimate of drug-likeness (QED) is 0.343. The van der Waals surface area contributed by atoms with Crippen LogP contribution in [0.1, 0.15) is 22.3 Å². The third-order valence-electron chi connectivity index (χ3n) is 3.91. The normalized spacial score (nSPS) is 10.8. The fourth-order valence-corrected chi connectivity index (χ4v) is 2.49. The van der Waals surface area contributed by atoms with E-state index in [1.807, 2.05) is 18.2 Å². The second-order valence-electron chi connectivity index (χ2n) is 6.07. The Morgan fingerprint density at radius 3 is 2.37 bits per heavy atom. The number of hydrogen-bond donors (Lipinski definition) is 2. The van der Waals surface area contributed by atoms with Crippen LogP contribution in [-0.2, 0) is 14.3 Å². The molecule has 0 unspecified atom stereocenters. The van der Waals surface area contributed by atoms with Crippen molar-refractivity contribution in [2.24, 2.45) is 0 Å². The molecule has 30 heavy (non-hydrogen) atoms. The van der Waals surface area contributed by atoms with Crippen LogP contribution >= 0.6 is 11.6 Å². The molecule has 0 bridgehead atoms. The summed E-state index contributed by atoms with van der Waals surface area (Å²) in [6.07, 6.45) is 1.55. The van der Waals surface area contributed by atoms with Gasteiger partial charge in [0.1, 0.15) is 18.1 Å². The van der Waals surface area contributed by atoms with Crippen molar-refractivity contribution in [3.63, 3.8) is 0 Å². The van der Waals surface area contributed by atoms with Crippen LogP contribution in [0.2, 0.25) is 0 Å². The van der Waals surface area contributed by atoms with Gasteiger partial charge in [-0.2, -0.15) is 0 Å². The number of rotatable bonds is 10. The van der Waals surface area contributed by atoms with Crippen LogP contribution in [0.25, 0.3) is 6.08 Å². The monoisotopic (exact) mass is 430 g/mol. The molecular weight excluding hydrogens is 408 g/mol. The zero-order valence-electron chi connectivity index (χ0n) is 16.5. The van der Waals surface area contributed by atoms with Gasteiger partial charge in [-0.3, -0.25) is 14.4 Å². The maximum absolute atomic E-state index is 12.6. The van der Waals surface area contributed by atoms with E-state index in [1.54, 1.807) is 42.5 Å². The first-order valence-corrected chi connectivity index (χ1v) is 9.79. The molecule has 158 valence electrons. The van der Waals surface area contributed by atoms with Crippen molar-refractivity contribution in [1.29, 1.82) is 0 Å². The first-order chi connectivity index (χ1) is 14.5. The Bertz CT molecular complexity index is 882. The molecule has 2 aromatic carbocycles. The minimum absolute atomic E-state index is 0.00628. The Labute approximate surface area is 180 Å². The smallest absolute Gasteiger partial charge is 0.307 e. The molecule has 2 amide bonds. The molecule has 2 aromatic rings. The summed E-state index contributed by atoms with van der Waals surface area (Å²) >= 11 is 5.46. The number of amides is 2. The van der Waals surface area contributed by atoms with Crippen LogP contribution in [0.15, 0.2) is 60.3 Å². The molecule has 0 radical (unpaired) electrons. The maximum Gasteiger partial charge on any atom is 0.307 e. The second-order valence-corrected chi connectivity index (χ2v) is 6.44. The van der Waals surface area contributed by atoms with Gasteiger partial charge in [-0.15, -0.1) is 11.6 Å². The van der Waals surface area contributed by atoms with Crippen LogP contribution in [0.3, 0.4) is 0 Å². The highest BCUT2D eigenvalue weighted by atomic mass is 35.5. The highest BCUT2D eigenvalue weighted by Gasteiger charge is 2.15. The first-order valence-electron chi connectivity index (χ1n) is 9.25. The lowest BCUT2D eigenvalue weighted by atomic mass is 10.1. The van der Waals surface area contributed by atoms with E-state index in [-0.39, 0.29) is 31.1 Å². The number of esters is 1. The van der Waals surface area contributed by atoms with E-state index in [9.17, 15) is 14.4 Å². The molecule has 7 nitrogen and oxygen atoms in total. The highest BCUT2D eigenvalue weighted by molar-refractivity contribution is 6.18. The Morgan fingerprint density at radius 2 is 1.73 bits per heavy atom. The zero-order chi connectivity index (χ0) is 21.8. The summed E-state index contributed by atoms with van der Waals surface area (Å²) in [5.41, 5.74) is 1.16. The molecular formula is C22H23ClN2O5. The van der Waals surface area contributed by atoms with Gasteiger partial charge in [0.25, 0.3) is 11.8 Å². The molecule has 0 heterocycles. The van der Waals surface area contributed by atoms with Crippen molar-refractivity contribution < 1.29 is 23.9 Å². The number of halogens is 1. The van der Waals surface area contributed by atoms with E-state index in [1.165, 1.54) is 7.11 Å². The molecule has 8 heteroatoms.